The summed E-state index contributed by atoms with van der Waals surface area (Å²) in [4.78, 5) is 4.42. The molecule has 0 aliphatic carbocycles. The van der Waals surface area contributed by atoms with Crippen LogP contribution in [0, 0.1) is 12.3 Å². The minimum atomic E-state index is -0.0223. The molecule has 0 amide bonds. The summed E-state index contributed by atoms with van der Waals surface area (Å²) < 4.78 is 5.40. The Hall–Kier alpha value is -0.970. The maximum absolute atomic E-state index is 5.40. The van der Waals surface area contributed by atoms with Gasteiger partial charge in [0.05, 0.1) is 5.54 Å². The molecule has 2 nitrogen and oxygen atoms in total. The molecule has 0 unspecified atom stereocenters. The lowest BCUT2D eigenvalue weighted by Gasteiger charge is -2.07. The molecule has 1 aliphatic rings. The molecule has 1 heterocycles. The number of unbranched alkanes of at least 4 members (excludes halogenated alkanes) is 1. The van der Waals surface area contributed by atoms with Crippen LogP contribution in [0.4, 0.5) is 0 Å². The van der Waals surface area contributed by atoms with Gasteiger partial charge in [0.15, 0.2) is 5.90 Å². The van der Waals surface area contributed by atoms with Crippen molar-refractivity contribution in [3.63, 3.8) is 0 Å². The van der Waals surface area contributed by atoms with Crippen LogP contribution in [-0.4, -0.2) is 18.0 Å². The Labute approximate surface area is 74.0 Å². The van der Waals surface area contributed by atoms with Crippen molar-refractivity contribution in [1.29, 1.82) is 0 Å². The third-order valence-electron chi connectivity index (χ3n) is 1.73. The summed E-state index contributed by atoms with van der Waals surface area (Å²) in [5.41, 5.74) is -0.0223. The van der Waals surface area contributed by atoms with Gasteiger partial charge < -0.3 is 4.74 Å². The zero-order valence-electron chi connectivity index (χ0n) is 7.76. The number of ether oxygens (including phenoxy) is 1. The molecule has 1 rings (SSSR count). The molecule has 0 aromatic heterocycles. The van der Waals surface area contributed by atoms with Gasteiger partial charge in [-0.15, -0.1) is 12.3 Å². The van der Waals surface area contributed by atoms with E-state index in [2.05, 4.69) is 24.8 Å². The van der Waals surface area contributed by atoms with Crippen LogP contribution in [0.2, 0.25) is 0 Å². The summed E-state index contributed by atoms with van der Waals surface area (Å²) in [6, 6.07) is 0. The van der Waals surface area contributed by atoms with Gasteiger partial charge in [0.1, 0.15) is 6.61 Å². The molecule has 0 N–H and O–H groups in total. The van der Waals surface area contributed by atoms with E-state index in [1.165, 1.54) is 0 Å². The lowest BCUT2D eigenvalue weighted by molar-refractivity contribution is 0.273. The van der Waals surface area contributed by atoms with Crippen molar-refractivity contribution in [3.8, 4) is 12.3 Å². The highest BCUT2D eigenvalue weighted by Crippen LogP contribution is 2.18. The Kier molecular flexibility index (Phi) is 2.75. The van der Waals surface area contributed by atoms with Crippen LogP contribution in [0.3, 0.4) is 0 Å². The van der Waals surface area contributed by atoms with Crippen molar-refractivity contribution >= 4 is 5.90 Å². The fraction of sp³-hybridized carbons (Fsp3) is 0.700. The molecule has 0 aromatic carbocycles. The average Bonchev–Trinajstić information content (AvgIpc) is 2.31. The average molecular weight is 165 g/mol. The van der Waals surface area contributed by atoms with E-state index in [-0.39, 0.29) is 5.54 Å². The summed E-state index contributed by atoms with van der Waals surface area (Å²) in [6.07, 6.45) is 7.80. The summed E-state index contributed by atoms with van der Waals surface area (Å²) in [5.74, 6) is 3.47. The van der Waals surface area contributed by atoms with E-state index in [9.17, 15) is 0 Å². The van der Waals surface area contributed by atoms with E-state index in [1.54, 1.807) is 0 Å². The Morgan fingerprint density at radius 1 is 1.67 bits per heavy atom. The van der Waals surface area contributed by atoms with Crippen LogP contribution >= 0.6 is 0 Å². The largest absolute Gasteiger partial charge is 0.478 e. The van der Waals surface area contributed by atoms with Crippen LogP contribution < -0.4 is 0 Å². The maximum Gasteiger partial charge on any atom is 0.183 e. The van der Waals surface area contributed by atoms with Crippen molar-refractivity contribution in [2.75, 3.05) is 6.61 Å². The number of rotatable bonds is 3. The predicted molar refractivity (Wildman–Crippen MR) is 50.2 cm³/mol. The van der Waals surface area contributed by atoms with Gasteiger partial charge in [-0.25, -0.2) is 4.99 Å². The van der Waals surface area contributed by atoms with Crippen molar-refractivity contribution in [3.05, 3.63) is 0 Å². The molecular weight excluding hydrogens is 150 g/mol. The lowest BCUT2D eigenvalue weighted by atomic mass is 10.1. The number of nitrogens with zero attached hydrogens (tertiary/aromatic N) is 1. The molecule has 0 fully saturated rings. The molecule has 2 heteroatoms. The number of terminal acetylenes is 1. The summed E-state index contributed by atoms with van der Waals surface area (Å²) >= 11 is 0. The Balaban J connectivity index is 2.31. The first-order chi connectivity index (χ1) is 5.64. The minimum absolute atomic E-state index is 0.0223. The second-order valence-electron chi connectivity index (χ2n) is 3.66. The van der Waals surface area contributed by atoms with Crippen molar-refractivity contribution < 1.29 is 4.74 Å². The molecule has 12 heavy (non-hydrogen) atoms. The molecule has 1 aliphatic heterocycles. The Morgan fingerprint density at radius 2 is 2.42 bits per heavy atom. The molecular formula is C10H15NO. The Morgan fingerprint density at radius 3 is 2.92 bits per heavy atom. The standard InChI is InChI=1S/C10H15NO/c1-4-5-6-7-9-11-10(2,3)8-12-9/h1H,5-8H2,2-3H3. The summed E-state index contributed by atoms with van der Waals surface area (Å²) in [6.45, 7) is 4.85. The van der Waals surface area contributed by atoms with Crippen LogP contribution in [0.15, 0.2) is 4.99 Å². The van der Waals surface area contributed by atoms with E-state index in [1.807, 2.05) is 0 Å². The van der Waals surface area contributed by atoms with Gasteiger partial charge in [0, 0.05) is 12.8 Å². The van der Waals surface area contributed by atoms with Crippen molar-refractivity contribution in [1.82, 2.24) is 0 Å². The van der Waals surface area contributed by atoms with Crippen LogP contribution in [0.5, 0.6) is 0 Å². The van der Waals surface area contributed by atoms with E-state index in [0.717, 1.165) is 25.2 Å². The van der Waals surface area contributed by atoms with Crippen LogP contribution in [0.25, 0.3) is 0 Å². The normalized spacial score (nSPS) is 19.6. The predicted octanol–water partition coefficient (Wildman–Crippen LogP) is 2.00. The molecule has 0 aromatic rings. The van der Waals surface area contributed by atoms with E-state index in [4.69, 9.17) is 11.2 Å². The molecule has 0 spiro atoms. The molecule has 0 bridgehead atoms. The van der Waals surface area contributed by atoms with E-state index >= 15 is 0 Å². The van der Waals surface area contributed by atoms with Gasteiger partial charge in [-0.05, 0) is 20.3 Å². The zero-order valence-corrected chi connectivity index (χ0v) is 7.76. The first-order valence-electron chi connectivity index (χ1n) is 4.29. The fourth-order valence-electron chi connectivity index (χ4n) is 1.13. The number of hydrogen-bond donors (Lipinski definition) is 0. The third-order valence-corrected chi connectivity index (χ3v) is 1.73. The third kappa shape index (κ3) is 2.58. The van der Waals surface area contributed by atoms with Gasteiger partial charge in [0.2, 0.25) is 0 Å². The van der Waals surface area contributed by atoms with Crippen molar-refractivity contribution in [2.45, 2.75) is 38.6 Å². The molecule has 66 valence electrons. The monoisotopic (exact) mass is 165 g/mol. The lowest BCUT2D eigenvalue weighted by Crippen LogP contribution is -2.17. The fourth-order valence-corrected chi connectivity index (χ4v) is 1.13. The minimum Gasteiger partial charge on any atom is -0.478 e. The first kappa shape index (κ1) is 9.12. The number of hydrogen-bond acceptors (Lipinski definition) is 2. The summed E-state index contributed by atoms with van der Waals surface area (Å²) in [7, 11) is 0. The van der Waals surface area contributed by atoms with Crippen LogP contribution in [-0.2, 0) is 4.74 Å². The second-order valence-corrected chi connectivity index (χ2v) is 3.66. The Bertz CT molecular complexity index is 222. The van der Waals surface area contributed by atoms with E-state index in [0.29, 0.717) is 6.61 Å². The topological polar surface area (TPSA) is 21.6 Å². The number of aliphatic imine (C=N–C) groups is 1. The van der Waals surface area contributed by atoms with Crippen molar-refractivity contribution in [2.24, 2.45) is 4.99 Å². The van der Waals surface area contributed by atoms with Gasteiger partial charge >= 0.3 is 0 Å². The van der Waals surface area contributed by atoms with Gasteiger partial charge in [-0.3, -0.25) is 0 Å². The molecule has 0 radical (unpaired) electrons. The highest BCUT2D eigenvalue weighted by Gasteiger charge is 2.25. The quantitative estimate of drug-likeness (QED) is 0.463. The zero-order chi connectivity index (χ0) is 9.03. The molecule has 0 saturated carbocycles. The summed E-state index contributed by atoms with van der Waals surface area (Å²) in [5, 5.41) is 0. The van der Waals surface area contributed by atoms with Gasteiger partial charge in [-0.2, -0.15) is 0 Å². The smallest absolute Gasteiger partial charge is 0.183 e. The first-order valence-corrected chi connectivity index (χ1v) is 4.29. The van der Waals surface area contributed by atoms with Crippen LogP contribution in [0.1, 0.15) is 33.1 Å². The van der Waals surface area contributed by atoms with Gasteiger partial charge in [-0.1, -0.05) is 0 Å². The highest BCUT2D eigenvalue weighted by molar-refractivity contribution is 5.78. The highest BCUT2D eigenvalue weighted by atomic mass is 16.5. The SMILES string of the molecule is C#CCCCC1=NC(C)(C)CO1. The second kappa shape index (κ2) is 3.62. The molecule has 0 atom stereocenters. The van der Waals surface area contributed by atoms with E-state index < -0.39 is 0 Å². The maximum atomic E-state index is 5.40. The molecule has 0 saturated heterocycles. The van der Waals surface area contributed by atoms with Gasteiger partial charge in [0.25, 0.3) is 0 Å².